The van der Waals surface area contributed by atoms with Crippen LogP contribution in [0.4, 0.5) is 0 Å². The molecule has 0 aliphatic heterocycles. The minimum Gasteiger partial charge on any atom is -0.469 e. The molecular formula is C14H18N2O4. The summed E-state index contributed by atoms with van der Waals surface area (Å²) in [7, 11) is 1.26. The number of nitrogens with one attached hydrogen (secondary N) is 2. The van der Waals surface area contributed by atoms with Gasteiger partial charge < -0.3 is 4.74 Å². The molecule has 2 amide bonds. The minimum atomic E-state index is -0.462. The maximum absolute atomic E-state index is 11.5. The Kier molecular flexibility index (Phi) is 6.81. The van der Waals surface area contributed by atoms with Crippen molar-refractivity contribution in [2.45, 2.75) is 25.7 Å². The van der Waals surface area contributed by atoms with Gasteiger partial charge in [-0.15, -0.1) is 0 Å². The third-order valence-corrected chi connectivity index (χ3v) is 2.61. The average molecular weight is 278 g/mol. The van der Waals surface area contributed by atoms with Crippen molar-refractivity contribution in [3.63, 3.8) is 0 Å². The van der Waals surface area contributed by atoms with Gasteiger partial charge in [-0.2, -0.15) is 0 Å². The number of hydrogen-bond acceptors (Lipinski definition) is 4. The molecule has 0 spiro atoms. The molecule has 1 aromatic carbocycles. The van der Waals surface area contributed by atoms with Gasteiger partial charge in [-0.3, -0.25) is 25.2 Å². The largest absolute Gasteiger partial charge is 0.469 e. The molecule has 0 aliphatic carbocycles. The monoisotopic (exact) mass is 278 g/mol. The molecule has 0 saturated heterocycles. The van der Waals surface area contributed by atoms with E-state index in [1.807, 2.05) is 30.3 Å². The van der Waals surface area contributed by atoms with E-state index in [0.717, 1.165) is 5.56 Å². The van der Waals surface area contributed by atoms with Crippen LogP contribution >= 0.6 is 0 Å². The van der Waals surface area contributed by atoms with E-state index in [9.17, 15) is 14.4 Å². The van der Waals surface area contributed by atoms with E-state index in [1.165, 1.54) is 7.11 Å². The summed E-state index contributed by atoms with van der Waals surface area (Å²) in [4.78, 5) is 33.6. The van der Waals surface area contributed by atoms with Crippen molar-refractivity contribution in [3.05, 3.63) is 35.9 Å². The van der Waals surface area contributed by atoms with Crippen molar-refractivity contribution in [2.24, 2.45) is 0 Å². The molecule has 0 saturated carbocycles. The number of carbonyl (C=O) groups is 3. The molecule has 0 aliphatic rings. The Morgan fingerprint density at radius 1 is 0.950 bits per heavy atom. The van der Waals surface area contributed by atoms with Crippen LogP contribution < -0.4 is 10.9 Å². The lowest BCUT2D eigenvalue weighted by molar-refractivity contribution is -0.142. The number of methoxy groups -OCH3 is 1. The Morgan fingerprint density at radius 2 is 1.55 bits per heavy atom. The van der Waals surface area contributed by atoms with Crippen LogP contribution in [0.3, 0.4) is 0 Å². The highest BCUT2D eigenvalue weighted by Crippen LogP contribution is 2.01. The van der Waals surface area contributed by atoms with Crippen LogP contribution in [-0.2, 0) is 25.5 Å². The van der Waals surface area contributed by atoms with Crippen LogP contribution in [0.2, 0.25) is 0 Å². The zero-order chi connectivity index (χ0) is 14.8. The maximum Gasteiger partial charge on any atom is 0.306 e. The molecular weight excluding hydrogens is 260 g/mol. The van der Waals surface area contributed by atoms with E-state index in [4.69, 9.17) is 0 Å². The standard InChI is InChI=1S/C14H18N2O4/c1-20-14(19)10-9-13(18)16-15-12(17)8-7-11-5-3-2-4-6-11/h2-6H,7-10H2,1H3,(H,15,17)(H,16,18). The van der Waals surface area contributed by atoms with Gasteiger partial charge in [-0.05, 0) is 12.0 Å². The molecule has 0 atom stereocenters. The average Bonchev–Trinajstić information content (AvgIpc) is 2.49. The fourth-order valence-corrected chi connectivity index (χ4v) is 1.48. The minimum absolute atomic E-state index is 0.0117. The fraction of sp³-hybridized carbons (Fsp3) is 0.357. The van der Waals surface area contributed by atoms with Crippen LogP contribution in [0.15, 0.2) is 30.3 Å². The van der Waals surface area contributed by atoms with Gasteiger partial charge in [0.15, 0.2) is 0 Å². The Balaban J connectivity index is 2.16. The summed E-state index contributed by atoms with van der Waals surface area (Å²) in [5.74, 6) is -1.17. The summed E-state index contributed by atoms with van der Waals surface area (Å²) in [5, 5.41) is 0. The van der Waals surface area contributed by atoms with Crippen molar-refractivity contribution < 1.29 is 19.1 Å². The molecule has 0 radical (unpaired) electrons. The summed E-state index contributed by atoms with van der Waals surface area (Å²) < 4.78 is 4.41. The molecule has 6 heteroatoms. The number of esters is 1. The van der Waals surface area contributed by atoms with E-state index in [-0.39, 0.29) is 25.2 Å². The third-order valence-electron chi connectivity index (χ3n) is 2.61. The van der Waals surface area contributed by atoms with Crippen molar-refractivity contribution in [3.8, 4) is 0 Å². The second-order valence-electron chi connectivity index (χ2n) is 4.16. The number of ether oxygens (including phenoxy) is 1. The molecule has 0 heterocycles. The van der Waals surface area contributed by atoms with E-state index in [1.54, 1.807) is 0 Å². The highest BCUT2D eigenvalue weighted by Gasteiger charge is 2.08. The summed E-state index contributed by atoms with van der Waals surface area (Å²) in [6.45, 7) is 0. The zero-order valence-electron chi connectivity index (χ0n) is 11.3. The van der Waals surface area contributed by atoms with Crippen LogP contribution in [0.25, 0.3) is 0 Å². The summed E-state index contributed by atoms with van der Waals surface area (Å²) in [5.41, 5.74) is 5.61. The van der Waals surface area contributed by atoms with Gasteiger partial charge in [-0.25, -0.2) is 0 Å². The number of benzene rings is 1. The topological polar surface area (TPSA) is 84.5 Å². The number of hydrazine groups is 1. The van der Waals surface area contributed by atoms with Crippen molar-refractivity contribution >= 4 is 17.8 Å². The highest BCUT2D eigenvalue weighted by atomic mass is 16.5. The highest BCUT2D eigenvalue weighted by molar-refractivity contribution is 5.84. The molecule has 6 nitrogen and oxygen atoms in total. The molecule has 0 bridgehead atoms. The summed E-state index contributed by atoms with van der Waals surface area (Å²) in [6.07, 6.45) is 0.847. The van der Waals surface area contributed by atoms with Gasteiger partial charge in [0, 0.05) is 12.8 Å². The zero-order valence-corrected chi connectivity index (χ0v) is 11.3. The first-order valence-corrected chi connectivity index (χ1v) is 6.30. The van der Waals surface area contributed by atoms with Gasteiger partial charge in [0.25, 0.3) is 0 Å². The second-order valence-corrected chi connectivity index (χ2v) is 4.16. The first kappa shape index (κ1) is 15.7. The molecule has 20 heavy (non-hydrogen) atoms. The van der Waals surface area contributed by atoms with Gasteiger partial charge in [-0.1, -0.05) is 30.3 Å². The smallest absolute Gasteiger partial charge is 0.306 e. The Hall–Kier alpha value is -2.37. The predicted molar refractivity (Wildman–Crippen MR) is 72.3 cm³/mol. The number of amides is 2. The van der Waals surface area contributed by atoms with E-state index in [2.05, 4.69) is 15.6 Å². The number of aryl methyl sites for hydroxylation is 1. The van der Waals surface area contributed by atoms with Crippen molar-refractivity contribution in [1.82, 2.24) is 10.9 Å². The molecule has 108 valence electrons. The Bertz CT molecular complexity index is 460. The van der Waals surface area contributed by atoms with Gasteiger partial charge in [0.05, 0.1) is 13.5 Å². The summed E-state index contributed by atoms with van der Waals surface area (Å²) in [6, 6.07) is 9.58. The number of rotatable bonds is 6. The molecule has 2 N–H and O–H groups in total. The third kappa shape index (κ3) is 6.53. The first-order chi connectivity index (χ1) is 9.61. The second kappa shape index (κ2) is 8.68. The van der Waals surface area contributed by atoms with Crippen LogP contribution in [0, 0.1) is 0 Å². The van der Waals surface area contributed by atoms with Gasteiger partial charge in [0.1, 0.15) is 0 Å². The van der Waals surface area contributed by atoms with Crippen molar-refractivity contribution in [1.29, 1.82) is 0 Å². The molecule has 1 rings (SSSR count). The van der Waals surface area contributed by atoms with E-state index in [0.29, 0.717) is 6.42 Å². The molecule has 0 fully saturated rings. The van der Waals surface area contributed by atoms with E-state index < -0.39 is 11.9 Å². The molecule has 0 aromatic heterocycles. The van der Waals surface area contributed by atoms with Gasteiger partial charge in [0.2, 0.25) is 11.8 Å². The maximum atomic E-state index is 11.5. The SMILES string of the molecule is COC(=O)CCC(=O)NNC(=O)CCc1ccccc1. The molecule has 0 unspecified atom stereocenters. The lowest BCUT2D eigenvalue weighted by Crippen LogP contribution is -2.41. The fourth-order valence-electron chi connectivity index (χ4n) is 1.48. The normalized spacial score (nSPS) is 9.65. The Labute approximate surface area is 117 Å². The van der Waals surface area contributed by atoms with Crippen molar-refractivity contribution in [2.75, 3.05) is 7.11 Å². The van der Waals surface area contributed by atoms with Crippen LogP contribution in [0.5, 0.6) is 0 Å². The summed E-state index contributed by atoms with van der Waals surface area (Å²) >= 11 is 0. The van der Waals surface area contributed by atoms with Gasteiger partial charge >= 0.3 is 5.97 Å². The predicted octanol–water partition coefficient (Wildman–Crippen LogP) is 0.720. The lowest BCUT2D eigenvalue weighted by atomic mass is 10.1. The quantitative estimate of drug-likeness (QED) is 0.593. The van der Waals surface area contributed by atoms with E-state index >= 15 is 0 Å². The number of hydrogen-bond donors (Lipinski definition) is 2. The lowest BCUT2D eigenvalue weighted by Gasteiger charge is -2.07. The Morgan fingerprint density at radius 3 is 2.15 bits per heavy atom. The molecule has 1 aromatic rings. The first-order valence-electron chi connectivity index (χ1n) is 6.30. The van der Waals surface area contributed by atoms with Crippen LogP contribution in [0.1, 0.15) is 24.8 Å². The van der Waals surface area contributed by atoms with Crippen LogP contribution in [-0.4, -0.2) is 24.9 Å². The number of carbonyl (C=O) groups excluding carboxylic acids is 3.